The summed E-state index contributed by atoms with van der Waals surface area (Å²) in [5.41, 5.74) is 6.45. The average Bonchev–Trinajstić information content (AvgIpc) is 2.76. The van der Waals surface area contributed by atoms with Crippen LogP contribution in [0, 0.1) is 0 Å². The third-order valence-corrected chi connectivity index (χ3v) is 4.39. The van der Waals surface area contributed by atoms with Crippen molar-refractivity contribution in [2.24, 2.45) is 0 Å². The Morgan fingerprint density at radius 1 is 1.15 bits per heavy atom. The summed E-state index contributed by atoms with van der Waals surface area (Å²) in [7, 11) is 1.12. The van der Waals surface area contributed by atoms with Crippen molar-refractivity contribution in [3.63, 3.8) is 0 Å². The van der Waals surface area contributed by atoms with Gasteiger partial charge in [-0.05, 0) is 30.3 Å². The number of anilines is 2. The minimum absolute atomic E-state index is 0.120. The highest BCUT2D eigenvalue weighted by Crippen LogP contribution is 2.43. The standard InChI is InChI=1S/C20H18F2N2O3/c1-27-18(25)12-16-15-4-2-3-5-17(15)24(11-10-20(16,21)22)19(26)13-6-8-14(23)9-7-13/h2-9,12H,10-11,23H2,1H3/b16-12+. The number of hydrogen-bond acceptors (Lipinski definition) is 4. The van der Waals surface area contributed by atoms with Crippen LogP contribution in [0.25, 0.3) is 5.57 Å². The molecule has 1 aliphatic rings. The molecule has 0 fully saturated rings. The van der Waals surface area contributed by atoms with Crippen LogP contribution in [-0.4, -0.2) is 31.5 Å². The number of esters is 1. The quantitative estimate of drug-likeness (QED) is 0.497. The molecule has 0 bridgehead atoms. The first kappa shape index (κ1) is 18.6. The van der Waals surface area contributed by atoms with Crippen molar-refractivity contribution in [1.29, 1.82) is 0 Å². The molecule has 0 aromatic heterocycles. The fourth-order valence-corrected chi connectivity index (χ4v) is 2.99. The van der Waals surface area contributed by atoms with Gasteiger partial charge in [-0.3, -0.25) is 4.79 Å². The van der Waals surface area contributed by atoms with Crippen LogP contribution in [0.15, 0.2) is 54.6 Å². The number of rotatable bonds is 2. The molecule has 140 valence electrons. The highest BCUT2D eigenvalue weighted by Gasteiger charge is 2.41. The molecule has 7 heteroatoms. The molecule has 2 aromatic rings. The second-order valence-corrected chi connectivity index (χ2v) is 6.13. The molecule has 0 unspecified atom stereocenters. The largest absolute Gasteiger partial charge is 0.466 e. The van der Waals surface area contributed by atoms with Crippen LogP contribution in [0.1, 0.15) is 22.3 Å². The van der Waals surface area contributed by atoms with E-state index in [4.69, 9.17) is 5.73 Å². The summed E-state index contributed by atoms with van der Waals surface area (Å²) >= 11 is 0. The molecule has 1 amide bonds. The summed E-state index contributed by atoms with van der Waals surface area (Å²) < 4.78 is 34.0. The molecule has 2 aromatic carbocycles. The van der Waals surface area contributed by atoms with Crippen molar-refractivity contribution in [1.82, 2.24) is 0 Å². The van der Waals surface area contributed by atoms with Crippen molar-refractivity contribution in [2.75, 3.05) is 24.3 Å². The van der Waals surface area contributed by atoms with E-state index in [2.05, 4.69) is 4.74 Å². The fraction of sp³-hybridized carbons (Fsp3) is 0.200. The lowest BCUT2D eigenvalue weighted by Crippen LogP contribution is -2.33. The van der Waals surface area contributed by atoms with E-state index in [0.717, 1.165) is 13.2 Å². The van der Waals surface area contributed by atoms with E-state index in [-0.39, 0.29) is 12.1 Å². The minimum Gasteiger partial charge on any atom is -0.466 e. The molecule has 27 heavy (non-hydrogen) atoms. The summed E-state index contributed by atoms with van der Waals surface area (Å²) in [6.45, 7) is -0.203. The number of nitrogens with zero attached hydrogens (tertiary/aromatic N) is 1. The molecule has 0 spiro atoms. The van der Waals surface area contributed by atoms with Gasteiger partial charge in [-0.25, -0.2) is 13.6 Å². The lowest BCUT2D eigenvalue weighted by molar-refractivity contribution is -0.134. The predicted octanol–water partition coefficient (Wildman–Crippen LogP) is 3.51. The second kappa shape index (κ2) is 7.19. The van der Waals surface area contributed by atoms with E-state index in [9.17, 15) is 18.4 Å². The van der Waals surface area contributed by atoms with Gasteiger partial charge in [-0.15, -0.1) is 0 Å². The van der Waals surface area contributed by atoms with E-state index in [1.54, 1.807) is 42.5 Å². The van der Waals surface area contributed by atoms with Gasteiger partial charge >= 0.3 is 5.97 Å². The fourth-order valence-electron chi connectivity index (χ4n) is 2.99. The maximum Gasteiger partial charge on any atom is 0.330 e. The van der Waals surface area contributed by atoms with Gasteiger partial charge in [0.2, 0.25) is 0 Å². The number of nitrogen functional groups attached to an aromatic ring is 1. The molecular formula is C20H18F2N2O3. The monoisotopic (exact) mass is 372 g/mol. The number of para-hydroxylation sites is 1. The third kappa shape index (κ3) is 3.67. The number of allylic oxidation sites excluding steroid dienone is 1. The Hall–Kier alpha value is -3.22. The lowest BCUT2D eigenvalue weighted by Gasteiger charge is -2.22. The molecule has 0 radical (unpaired) electrons. The Bertz CT molecular complexity index is 908. The number of methoxy groups -OCH3 is 1. The van der Waals surface area contributed by atoms with Gasteiger partial charge in [0.25, 0.3) is 11.8 Å². The third-order valence-electron chi connectivity index (χ3n) is 4.39. The maximum atomic E-state index is 14.8. The first-order valence-electron chi connectivity index (χ1n) is 8.28. The SMILES string of the molecule is COC(=O)/C=C1\c2ccccc2N(C(=O)c2ccc(N)cc2)CCC1(F)F. The zero-order chi connectivity index (χ0) is 19.6. The zero-order valence-corrected chi connectivity index (χ0v) is 14.6. The number of carbonyl (C=O) groups is 2. The predicted molar refractivity (Wildman–Crippen MR) is 98.5 cm³/mol. The number of fused-ring (bicyclic) bond motifs is 1. The number of amides is 1. The second-order valence-electron chi connectivity index (χ2n) is 6.13. The van der Waals surface area contributed by atoms with Crippen LogP contribution < -0.4 is 10.6 Å². The van der Waals surface area contributed by atoms with Gasteiger partial charge in [0.1, 0.15) is 0 Å². The first-order chi connectivity index (χ1) is 12.8. The topological polar surface area (TPSA) is 72.6 Å². The Morgan fingerprint density at radius 2 is 1.81 bits per heavy atom. The van der Waals surface area contributed by atoms with Gasteiger partial charge in [-0.1, -0.05) is 18.2 Å². The van der Waals surface area contributed by atoms with Crippen LogP contribution in [-0.2, 0) is 9.53 Å². The molecule has 0 atom stereocenters. The molecule has 0 saturated heterocycles. The van der Waals surface area contributed by atoms with E-state index in [1.165, 1.54) is 11.0 Å². The van der Waals surface area contributed by atoms with Crippen LogP contribution in [0.4, 0.5) is 20.2 Å². The number of alkyl halides is 2. The highest BCUT2D eigenvalue weighted by molar-refractivity contribution is 6.08. The molecule has 1 heterocycles. The summed E-state index contributed by atoms with van der Waals surface area (Å²) in [4.78, 5) is 25.9. The molecule has 5 nitrogen and oxygen atoms in total. The van der Waals surface area contributed by atoms with Crippen LogP contribution in [0.2, 0.25) is 0 Å². The zero-order valence-electron chi connectivity index (χ0n) is 14.6. The van der Waals surface area contributed by atoms with E-state index in [0.29, 0.717) is 16.9 Å². The number of benzene rings is 2. The lowest BCUT2D eigenvalue weighted by atomic mass is 9.97. The van der Waals surface area contributed by atoms with Crippen LogP contribution in [0.5, 0.6) is 0 Å². The van der Waals surface area contributed by atoms with Gasteiger partial charge in [0, 0.05) is 41.4 Å². The minimum atomic E-state index is -3.29. The summed E-state index contributed by atoms with van der Waals surface area (Å²) in [6.07, 6.45) is 0.168. The number of halogens is 2. The van der Waals surface area contributed by atoms with Crippen molar-refractivity contribution in [3.8, 4) is 0 Å². The molecule has 0 aliphatic carbocycles. The van der Waals surface area contributed by atoms with Crippen LogP contribution in [0.3, 0.4) is 0 Å². The van der Waals surface area contributed by atoms with E-state index in [1.807, 2.05) is 0 Å². The van der Waals surface area contributed by atoms with Gasteiger partial charge in [0.15, 0.2) is 0 Å². The maximum absolute atomic E-state index is 14.8. The Labute approximate surface area is 155 Å². The first-order valence-corrected chi connectivity index (χ1v) is 8.28. The smallest absolute Gasteiger partial charge is 0.330 e. The van der Waals surface area contributed by atoms with E-state index >= 15 is 0 Å². The summed E-state index contributed by atoms with van der Waals surface area (Å²) in [5, 5.41) is 0. The highest BCUT2D eigenvalue weighted by atomic mass is 19.3. The van der Waals surface area contributed by atoms with Gasteiger partial charge in [-0.2, -0.15) is 0 Å². The molecule has 0 saturated carbocycles. The molecule has 3 rings (SSSR count). The Kier molecular flexibility index (Phi) is 4.94. The number of nitrogens with two attached hydrogens (primary N) is 1. The van der Waals surface area contributed by atoms with E-state index < -0.39 is 29.8 Å². The van der Waals surface area contributed by atoms with Crippen molar-refractivity contribution >= 4 is 28.8 Å². The van der Waals surface area contributed by atoms with Gasteiger partial charge < -0.3 is 15.4 Å². The number of carbonyl (C=O) groups excluding carboxylic acids is 2. The molecular weight excluding hydrogens is 354 g/mol. The average molecular weight is 372 g/mol. The van der Waals surface area contributed by atoms with Crippen molar-refractivity contribution < 1.29 is 23.1 Å². The van der Waals surface area contributed by atoms with Crippen molar-refractivity contribution in [2.45, 2.75) is 12.3 Å². The van der Waals surface area contributed by atoms with Crippen LogP contribution >= 0.6 is 0 Å². The Balaban J connectivity index is 2.11. The number of hydrogen-bond donors (Lipinski definition) is 1. The summed E-state index contributed by atoms with van der Waals surface area (Å²) in [5.74, 6) is -4.59. The summed E-state index contributed by atoms with van der Waals surface area (Å²) in [6, 6.07) is 12.5. The van der Waals surface area contributed by atoms with Gasteiger partial charge in [0.05, 0.1) is 12.8 Å². The normalized spacial score (nSPS) is 17.1. The molecule has 2 N–H and O–H groups in total. The van der Waals surface area contributed by atoms with Crippen molar-refractivity contribution in [3.05, 3.63) is 65.7 Å². The number of ether oxygens (including phenoxy) is 1. The Morgan fingerprint density at radius 3 is 2.48 bits per heavy atom. The molecule has 1 aliphatic heterocycles.